The van der Waals surface area contributed by atoms with Crippen LogP contribution in [0.15, 0.2) is 41.0 Å². The fourth-order valence-corrected chi connectivity index (χ4v) is 3.26. The zero-order valence-corrected chi connectivity index (χ0v) is 14.1. The standard InChI is InChI=1S/C18H20ClFN2O2/c19-17-9-15(20)6-5-13(17)10-21-18(23)14-3-1-7-22(11-14)12-16-4-2-8-24-16/h2,4-6,8-9,14H,1,3,7,10-12H2,(H,21,23). The normalized spacial score (nSPS) is 18.5. The number of carbonyl (C=O) groups is 1. The maximum atomic E-state index is 13.1. The van der Waals surface area contributed by atoms with E-state index in [1.165, 1.54) is 12.1 Å². The molecule has 6 heteroatoms. The second-order valence-corrected chi connectivity index (χ2v) is 6.51. The molecule has 2 heterocycles. The summed E-state index contributed by atoms with van der Waals surface area (Å²) in [6.07, 6.45) is 3.52. The van der Waals surface area contributed by atoms with Crippen molar-refractivity contribution in [3.63, 3.8) is 0 Å². The van der Waals surface area contributed by atoms with E-state index in [0.717, 1.165) is 37.3 Å². The van der Waals surface area contributed by atoms with Gasteiger partial charge in [-0.05, 0) is 49.2 Å². The topological polar surface area (TPSA) is 45.5 Å². The molecule has 4 nitrogen and oxygen atoms in total. The van der Waals surface area contributed by atoms with E-state index in [1.54, 1.807) is 12.3 Å². The van der Waals surface area contributed by atoms with E-state index in [4.69, 9.17) is 16.0 Å². The van der Waals surface area contributed by atoms with Gasteiger partial charge >= 0.3 is 0 Å². The minimum atomic E-state index is -0.379. The van der Waals surface area contributed by atoms with Gasteiger partial charge in [0.05, 0.1) is 18.7 Å². The number of halogens is 2. The largest absolute Gasteiger partial charge is 0.468 e. The smallest absolute Gasteiger partial charge is 0.224 e. The van der Waals surface area contributed by atoms with E-state index in [-0.39, 0.29) is 17.6 Å². The predicted octanol–water partition coefficient (Wildman–Crippen LogP) is 3.60. The van der Waals surface area contributed by atoms with Crippen molar-refractivity contribution in [1.82, 2.24) is 10.2 Å². The van der Waals surface area contributed by atoms with Gasteiger partial charge in [-0.1, -0.05) is 17.7 Å². The van der Waals surface area contributed by atoms with Crippen molar-refractivity contribution < 1.29 is 13.6 Å². The summed E-state index contributed by atoms with van der Waals surface area (Å²) in [6.45, 7) is 2.71. The Morgan fingerprint density at radius 1 is 1.42 bits per heavy atom. The SMILES string of the molecule is O=C(NCc1ccc(F)cc1Cl)C1CCCN(Cc2ccco2)C1. The van der Waals surface area contributed by atoms with E-state index in [9.17, 15) is 9.18 Å². The number of furan rings is 1. The zero-order valence-electron chi connectivity index (χ0n) is 13.3. The highest BCUT2D eigenvalue weighted by atomic mass is 35.5. The third kappa shape index (κ3) is 4.36. The van der Waals surface area contributed by atoms with Crippen LogP contribution in [0.2, 0.25) is 5.02 Å². The summed E-state index contributed by atoms with van der Waals surface area (Å²) in [5.74, 6) is 0.498. The molecule has 0 saturated carbocycles. The van der Waals surface area contributed by atoms with E-state index < -0.39 is 0 Å². The van der Waals surface area contributed by atoms with Gasteiger partial charge in [-0.25, -0.2) is 4.39 Å². The Kier molecular flexibility index (Phi) is 5.53. The maximum absolute atomic E-state index is 13.1. The molecule has 1 aromatic carbocycles. The molecule has 1 fully saturated rings. The molecule has 128 valence electrons. The summed E-state index contributed by atoms with van der Waals surface area (Å²) < 4.78 is 18.4. The summed E-state index contributed by atoms with van der Waals surface area (Å²) >= 11 is 5.99. The lowest BCUT2D eigenvalue weighted by molar-refractivity contribution is -0.127. The Bertz CT molecular complexity index is 690. The van der Waals surface area contributed by atoms with Crippen LogP contribution in [0.1, 0.15) is 24.2 Å². The zero-order chi connectivity index (χ0) is 16.9. The first-order valence-electron chi connectivity index (χ1n) is 8.08. The Morgan fingerprint density at radius 2 is 2.29 bits per heavy atom. The van der Waals surface area contributed by atoms with Gasteiger partial charge in [-0.15, -0.1) is 0 Å². The Hall–Kier alpha value is -1.85. The van der Waals surface area contributed by atoms with Gasteiger partial charge in [0.2, 0.25) is 5.91 Å². The van der Waals surface area contributed by atoms with Gasteiger partial charge in [0, 0.05) is 18.1 Å². The molecule has 1 aliphatic heterocycles. The number of likely N-dealkylation sites (tertiary alicyclic amines) is 1. The molecule has 1 aromatic heterocycles. The molecule has 1 N–H and O–H groups in total. The number of rotatable bonds is 5. The van der Waals surface area contributed by atoms with E-state index >= 15 is 0 Å². The molecule has 0 aliphatic carbocycles. The summed E-state index contributed by atoms with van der Waals surface area (Å²) in [7, 11) is 0. The lowest BCUT2D eigenvalue weighted by Gasteiger charge is -2.31. The average molecular weight is 351 g/mol. The molecular formula is C18H20ClFN2O2. The Morgan fingerprint density at radius 3 is 3.04 bits per heavy atom. The van der Waals surface area contributed by atoms with Crippen LogP contribution in [0, 0.1) is 11.7 Å². The van der Waals surface area contributed by atoms with Gasteiger partial charge in [0.1, 0.15) is 11.6 Å². The quantitative estimate of drug-likeness (QED) is 0.896. The number of hydrogen-bond donors (Lipinski definition) is 1. The van der Waals surface area contributed by atoms with Crippen molar-refractivity contribution in [3.8, 4) is 0 Å². The van der Waals surface area contributed by atoms with Crippen LogP contribution >= 0.6 is 11.6 Å². The van der Waals surface area contributed by atoms with Crippen molar-refractivity contribution in [1.29, 1.82) is 0 Å². The highest BCUT2D eigenvalue weighted by Gasteiger charge is 2.26. The molecule has 2 aromatic rings. The number of hydrogen-bond acceptors (Lipinski definition) is 3. The Labute approximate surface area is 145 Å². The van der Waals surface area contributed by atoms with Crippen LogP contribution < -0.4 is 5.32 Å². The first-order chi connectivity index (χ1) is 11.6. The molecule has 1 saturated heterocycles. The summed E-state index contributed by atoms with van der Waals surface area (Å²) in [5, 5.41) is 3.24. The summed E-state index contributed by atoms with van der Waals surface area (Å²) in [4.78, 5) is 14.7. The second kappa shape index (κ2) is 7.81. The second-order valence-electron chi connectivity index (χ2n) is 6.11. The maximum Gasteiger partial charge on any atom is 0.224 e. The van der Waals surface area contributed by atoms with Crippen LogP contribution in [0.25, 0.3) is 0 Å². The van der Waals surface area contributed by atoms with Crippen molar-refractivity contribution >= 4 is 17.5 Å². The van der Waals surface area contributed by atoms with Gasteiger partial charge in [-0.2, -0.15) is 0 Å². The van der Waals surface area contributed by atoms with E-state index in [1.807, 2.05) is 12.1 Å². The number of amides is 1. The molecule has 0 radical (unpaired) electrons. The molecular weight excluding hydrogens is 331 g/mol. The highest BCUT2D eigenvalue weighted by molar-refractivity contribution is 6.31. The number of carbonyl (C=O) groups excluding carboxylic acids is 1. The van der Waals surface area contributed by atoms with Gasteiger partial charge < -0.3 is 9.73 Å². The molecule has 1 amide bonds. The molecule has 1 unspecified atom stereocenters. The minimum absolute atomic E-state index is 0.0135. The number of benzene rings is 1. The molecule has 24 heavy (non-hydrogen) atoms. The molecule has 1 aliphatic rings. The van der Waals surface area contributed by atoms with Crippen LogP contribution in [0.4, 0.5) is 4.39 Å². The van der Waals surface area contributed by atoms with Crippen LogP contribution in [-0.2, 0) is 17.9 Å². The number of nitrogens with one attached hydrogen (secondary N) is 1. The first kappa shape index (κ1) is 17.0. The molecule has 1 atom stereocenters. The molecule has 3 rings (SSSR count). The van der Waals surface area contributed by atoms with Crippen LogP contribution in [0.5, 0.6) is 0 Å². The van der Waals surface area contributed by atoms with Gasteiger partial charge in [-0.3, -0.25) is 9.69 Å². The fraction of sp³-hybridized carbons (Fsp3) is 0.389. The fourth-order valence-electron chi connectivity index (χ4n) is 3.03. The van der Waals surface area contributed by atoms with Gasteiger partial charge in [0.15, 0.2) is 0 Å². The van der Waals surface area contributed by atoms with E-state index in [2.05, 4.69) is 10.2 Å². The third-order valence-corrected chi connectivity index (χ3v) is 4.66. The average Bonchev–Trinajstić information content (AvgIpc) is 3.07. The number of nitrogens with zero attached hydrogens (tertiary/aromatic N) is 1. The van der Waals surface area contributed by atoms with Crippen molar-refractivity contribution in [2.24, 2.45) is 5.92 Å². The van der Waals surface area contributed by atoms with Gasteiger partial charge in [0.25, 0.3) is 0 Å². The monoisotopic (exact) mass is 350 g/mol. The summed E-state index contributed by atoms with van der Waals surface area (Å²) in [5.41, 5.74) is 0.717. The third-order valence-electron chi connectivity index (χ3n) is 4.30. The van der Waals surface area contributed by atoms with E-state index in [0.29, 0.717) is 18.1 Å². The van der Waals surface area contributed by atoms with Crippen molar-refractivity contribution in [2.75, 3.05) is 13.1 Å². The Balaban J connectivity index is 1.52. The minimum Gasteiger partial charge on any atom is -0.468 e. The predicted molar refractivity (Wildman–Crippen MR) is 90.0 cm³/mol. The molecule has 0 spiro atoms. The van der Waals surface area contributed by atoms with Crippen LogP contribution in [-0.4, -0.2) is 23.9 Å². The van der Waals surface area contributed by atoms with Crippen molar-refractivity contribution in [2.45, 2.75) is 25.9 Å². The first-order valence-corrected chi connectivity index (χ1v) is 8.46. The van der Waals surface area contributed by atoms with Crippen molar-refractivity contribution in [3.05, 3.63) is 58.8 Å². The highest BCUT2D eigenvalue weighted by Crippen LogP contribution is 2.20. The molecule has 0 bridgehead atoms. The lowest BCUT2D eigenvalue weighted by Crippen LogP contribution is -2.42. The summed E-state index contributed by atoms with van der Waals surface area (Å²) in [6, 6.07) is 8.02. The van der Waals surface area contributed by atoms with Crippen LogP contribution in [0.3, 0.4) is 0 Å². The lowest BCUT2D eigenvalue weighted by atomic mass is 9.97. The number of piperidine rings is 1.